The van der Waals surface area contributed by atoms with Crippen LogP contribution in [0, 0.1) is 5.92 Å². The van der Waals surface area contributed by atoms with E-state index in [9.17, 15) is 4.79 Å². The van der Waals surface area contributed by atoms with Gasteiger partial charge in [-0.1, -0.05) is 68.7 Å². The Balaban J connectivity index is 2.47. The Kier molecular flexibility index (Phi) is 8.01. The first-order valence-electron chi connectivity index (χ1n) is 8.33. The van der Waals surface area contributed by atoms with E-state index in [1.807, 2.05) is 0 Å². The molecule has 0 aromatic carbocycles. The van der Waals surface area contributed by atoms with E-state index < -0.39 is 8.07 Å². The van der Waals surface area contributed by atoms with Gasteiger partial charge in [0, 0.05) is 6.42 Å². The third kappa shape index (κ3) is 8.92. The highest BCUT2D eigenvalue weighted by Gasteiger charge is 2.18. The third-order valence-corrected chi connectivity index (χ3v) is 5.23. The maximum atomic E-state index is 11.1. The summed E-state index contributed by atoms with van der Waals surface area (Å²) in [5, 5.41) is 0. The molecule has 120 valence electrons. The normalized spacial score (nSPS) is 17.6. The van der Waals surface area contributed by atoms with Crippen molar-refractivity contribution >= 4 is 14.0 Å². The summed E-state index contributed by atoms with van der Waals surface area (Å²) in [4.78, 5) is 11.1. The molecule has 1 rings (SSSR count). The molecule has 0 aromatic rings. The number of methoxy groups -OCH3 is 1. The van der Waals surface area contributed by atoms with Crippen LogP contribution < -0.4 is 0 Å². The quantitative estimate of drug-likeness (QED) is 0.347. The second-order valence-corrected chi connectivity index (χ2v) is 12.3. The van der Waals surface area contributed by atoms with Crippen molar-refractivity contribution in [3.8, 4) is 0 Å². The molecule has 0 spiro atoms. The van der Waals surface area contributed by atoms with Crippen LogP contribution in [0.2, 0.25) is 19.6 Å². The van der Waals surface area contributed by atoms with Gasteiger partial charge in [-0.15, -0.1) is 0 Å². The Labute approximate surface area is 131 Å². The van der Waals surface area contributed by atoms with E-state index in [-0.39, 0.29) is 5.97 Å². The van der Waals surface area contributed by atoms with Crippen LogP contribution >= 0.6 is 0 Å². The first-order valence-corrected chi connectivity index (χ1v) is 11.9. The fourth-order valence-corrected chi connectivity index (χ4v) is 4.52. The molecule has 0 heterocycles. The van der Waals surface area contributed by atoms with Gasteiger partial charge in [-0.25, -0.2) is 0 Å². The van der Waals surface area contributed by atoms with E-state index >= 15 is 0 Å². The van der Waals surface area contributed by atoms with Crippen LogP contribution in [-0.2, 0) is 9.53 Å². The molecule has 0 amide bonds. The van der Waals surface area contributed by atoms with E-state index in [1.54, 1.807) is 5.57 Å². The molecule has 0 saturated heterocycles. The summed E-state index contributed by atoms with van der Waals surface area (Å²) in [7, 11) is 0.292. The van der Waals surface area contributed by atoms with E-state index in [2.05, 4.69) is 42.2 Å². The SMILES string of the molecule is COC(=O)CC/C=C/C/C(=C/[Si](C)(C)C)CC1CCCC1. The van der Waals surface area contributed by atoms with Crippen molar-refractivity contribution in [3.05, 3.63) is 23.4 Å². The van der Waals surface area contributed by atoms with Crippen molar-refractivity contribution in [3.63, 3.8) is 0 Å². The van der Waals surface area contributed by atoms with Crippen molar-refractivity contribution in [2.45, 2.75) is 71.0 Å². The molecule has 1 saturated carbocycles. The summed E-state index contributed by atoms with van der Waals surface area (Å²) in [5.74, 6) is 0.791. The van der Waals surface area contributed by atoms with Crippen molar-refractivity contribution in [2.24, 2.45) is 5.92 Å². The highest BCUT2D eigenvalue weighted by atomic mass is 28.3. The van der Waals surface area contributed by atoms with E-state index in [0.29, 0.717) is 6.42 Å². The molecule has 2 nitrogen and oxygen atoms in total. The first kappa shape index (κ1) is 18.2. The lowest BCUT2D eigenvalue weighted by Gasteiger charge is -2.17. The van der Waals surface area contributed by atoms with Gasteiger partial charge in [0.25, 0.3) is 0 Å². The predicted octanol–water partition coefficient (Wildman–Crippen LogP) is 5.27. The zero-order valence-corrected chi connectivity index (χ0v) is 15.3. The van der Waals surface area contributed by atoms with E-state index in [4.69, 9.17) is 0 Å². The number of carbonyl (C=O) groups excluding carboxylic acids is 1. The Morgan fingerprint density at radius 1 is 1.19 bits per heavy atom. The second kappa shape index (κ2) is 9.24. The summed E-state index contributed by atoms with van der Waals surface area (Å²) in [6.45, 7) is 7.22. The summed E-state index contributed by atoms with van der Waals surface area (Å²) in [5.41, 5.74) is 4.20. The molecular formula is C18H32O2Si. The number of hydrogen-bond acceptors (Lipinski definition) is 2. The van der Waals surface area contributed by atoms with Crippen LogP contribution in [0.3, 0.4) is 0 Å². The second-order valence-electron chi connectivity index (χ2n) is 7.31. The first-order chi connectivity index (χ1) is 9.90. The van der Waals surface area contributed by atoms with Crippen molar-refractivity contribution in [1.82, 2.24) is 0 Å². The highest BCUT2D eigenvalue weighted by molar-refractivity contribution is 6.81. The maximum Gasteiger partial charge on any atom is 0.305 e. The van der Waals surface area contributed by atoms with Gasteiger partial charge in [0.2, 0.25) is 0 Å². The van der Waals surface area contributed by atoms with Gasteiger partial charge in [-0.05, 0) is 25.2 Å². The Bertz CT molecular complexity index is 371. The van der Waals surface area contributed by atoms with Crippen LogP contribution in [0.15, 0.2) is 23.4 Å². The van der Waals surface area contributed by atoms with Crippen molar-refractivity contribution in [1.29, 1.82) is 0 Å². The zero-order chi connectivity index (χ0) is 15.7. The van der Waals surface area contributed by atoms with E-state index in [0.717, 1.165) is 18.8 Å². The molecule has 1 aliphatic rings. The minimum Gasteiger partial charge on any atom is -0.469 e. The van der Waals surface area contributed by atoms with Gasteiger partial charge in [-0.2, -0.15) is 0 Å². The molecule has 0 N–H and O–H groups in total. The van der Waals surface area contributed by atoms with Gasteiger partial charge in [-0.3, -0.25) is 4.79 Å². The minimum atomic E-state index is -1.15. The van der Waals surface area contributed by atoms with Gasteiger partial charge in [0.15, 0.2) is 0 Å². The molecule has 0 atom stereocenters. The third-order valence-electron chi connectivity index (χ3n) is 3.95. The average molecular weight is 309 g/mol. The van der Waals surface area contributed by atoms with Crippen LogP contribution in [0.25, 0.3) is 0 Å². The number of hydrogen-bond donors (Lipinski definition) is 0. The number of ether oxygens (including phenoxy) is 1. The maximum absolute atomic E-state index is 11.1. The molecule has 1 aliphatic carbocycles. The monoisotopic (exact) mass is 308 g/mol. The summed E-state index contributed by atoms with van der Waals surface area (Å²) in [6, 6.07) is 0. The molecule has 0 aliphatic heterocycles. The van der Waals surface area contributed by atoms with Crippen LogP contribution in [-0.4, -0.2) is 21.2 Å². The highest BCUT2D eigenvalue weighted by Crippen LogP contribution is 2.31. The fraction of sp³-hybridized carbons (Fsp3) is 0.722. The van der Waals surface area contributed by atoms with Gasteiger partial charge >= 0.3 is 5.97 Å². The van der Waals surface area contributed by atoms with Gasteiger partial charge in [0.05, 0.1) is 15.2 Å². The fourth-order valence-electron chi connectivity index (χ4n) is 3.05. The summed E-state index contributed by atoms with van der Waals surface area (Å²) < 4.78 is 4.65. The molecule has 3 heteroatoms. The molecule has 0 bridgehead atoms. The molecule has 0 aromatic heterocycles. The lowest BCUT2D eigenvalue weighted by molar-refractivity contribution is -0.140. The number of allylic oxidation sites excluding steroid dienone is 3. The Morgan fingerprint density at radius 2 is 1.86 bits per heavy atom. The standard InChI is InChI=1S/C18H32O2Si/c1-20-18(19)13-7-5-6-12-17(15-21(2,3)4)14-16-10-8-9-11-16/h5-6,15-16H,7-14H2,1-4H3/b6-5+,17-15-. The Morgan fingerprint density at radius 3 is 2.43 bits per heavy atom. The molecular weight excluding hydrogens is 276 g/mol. The zero-order valence-electron chi connectivity index (χ0n) is 14.3. The topological polar surface area (TPSA) is 26.3 Å². The van der Waals surface area contributed by atoms with Crippen molar-refractivity contribution < 1.29 is 9.53 Å². The summed E-state index contributed by atoms with van der Waals surface area (Å²) >= 11 is 0. The molecule has 0 radical (unpaired) electrons. The van der Waals surface area contributed by atoms with Crippen LogP contribution in [0.1, 0.15) is 51.4 Å². The van der Waals surface area contributed by atoms with Crippen LogP contribution in [0.5, 0.6) is 0 Å². The van der Waals surface area contributed by atoms with Gasteiger partial charge < -0.3 is 4.74 Å². The predicted molar refractivity (Wildman–Crippen MR) is 93.0 cm³/mol. The number of esters is 1. The van der Waals surface area contributed by atoms with Gasteiger partial charge in [0.1, 0.15) is 0 Å². The van der Waals surface area contributed by atoms with Crippen LogP contribution in [0.4, 0.5) is 0 Å². The average Bonchev–Trinajstić information content (AvgIpc) is 2.88. The lowest BCUT2D eigenvalue weighted by Crippen LogP contribution is -2.17. The summed E-state index contributed by atoms with van der Waals surface area (Å²) in [6.07, 6.45) is 13.6. The van der Waals surface area contributed by atoms with Crippen molar-refractivity contribution in [2.75, 3.05) is 7.11 Å². The Hall–Kier alpha value is -0.833. The largest absolute Gasteiger partial charge is 0.469 e. The number of rotatable bonds is 8. The molecule has 0 unspecified atom stereocenters. The smallest absolute Gasteiger partial charge is 0.305 e. The lowest BCUT2D eigenvalue weighted by atomic mass is 9.97. The molecule has 21 heavy (non-hydrogen) atoms. The number of carbonyl (C=O) groups is 1. The molecule has 1 fully saturated rings. The van der Waals surface area contributed by atoms with E-state index in [1.165, 1.54) is 39.2 Å². The minimum absolute atomic E-state index is 0.122.